The third-order valence-corrected chi connectivity index (χ3v) is 5.68. The van der Waals surface area contributed by atoms with Gasteiger partial charge in [0.05, 0.1) is 6.61 Å². The van der Waals surface area contributed by atoms with Crippen LogP contribution in [0.15, 0.2) is 30.3 Å². The van der Waals surface area contributed by atoms with Gasteiger partial charge in [0, 0.05) is 18.9 Å². The van der Waals surface area contributed by atoms with Gasteiger partial charge in [0.1, 0.15) is 11.1 Å². The molecular formula is C26H43N5O5. The van der Waals surface area contributed by atoms with Gasteiger partial charge in [-0.05, 0) is 52.0 Å². The molecule has 2 atom stereocenters. The van der Waals surface area contributed by atoms with Gasteiger partial charge in [-0.1, -0.05) is 50.1 Å². The van der Waals surface area contributed by atoms with Crippen LogP contribution in [0.3, 0.4) is 0 Å². The number of nitrogens with two attached hydrogens (primary N) is 1. The molecule has 202 valence electrons. The van der Waals surface area contributed by atoms with Crippen LogP contribution in [-0.4, -0.2) is 53.3 Å². The molecule has 0 saturated carbocycles. The van der Waals surface area contributed by atoms with E-state index in [4.69, 9.17) is 15.9 Å². The van der Waals surface area contributed by atoms with E-state index in [1.165, 1.54) is 5.56 Å². The highest BCUT2D eigenvalue weighted by Gasteiger charge is 2.46. The molecule has 0 saturated heterocycles. The Kier molecular flexibility index (Phi) is 12.9. The first kappa shape index (κ1) is 30.9. The second kappa shape index (κ2) is 15.1. The summed E-state index contributed by atoms with van der Waals surface area (Å²) in [6.45, 7) is 6.36. The molecular weight excluding hydrogens is 462 g/mol. The Morgan fingerprint density at radius 1 is 1.11 bits per heavy atom. The fraction of sp³-hybridized carbons (Fsp3) is 0.615. The van der Waals surface area contributed by atoms with E-state index in [2.05, 4.69) is 28.1 Å². The number of ether oxygens (including phenoxy) is 1. The monoisotopic (exact) mass is 505 g/mol. The van der Waals surface area contributed by atoms with Crippen molar-refractivity contribution in [1.29, 1.82) is 5.41 Å². The summed E-state index contributed by atoms with van der Waals surface area (Å²) in [5, 5.41) is 25.3. The van der Waals surface area contributed by atoms with E-state index in [0.29, 0.717) is 12.8 Å². The smallest absolute Gasteiger partial charge is 0.407 e. The molecule has 0 heterocycles. The minimum atomic E-state index is -1.58. The van der Waals surface area contributed by atoms with Gasteiger partial charge in [-0.3, -0.25) is 20.3 Å². The fourth-order valence-corrected chi connectivity index (χ4v) is 4.02. The number of guanidine groups is 1. The zero-order valence-electron chi connectivity index (χ0n) is 22.0. The van der Waals surface area contributed by atoms with E-state index < -0.39 is 41.6 Å². The highest BCUT2D eigenvalue weighted by atomic mass is 16.6. The summed E-state index contributed by atoms with van der Waals surface area (Å²) in [5.41, 5.74) is 4.34. The van der Waals surface area contributed by atoms with Crippen LogP contribution in [0.4, 0.5) is 4.79 Å². The Hall–Kier alpha value is -3.14. The number of carbonyl (C=O) groups excluding carboxylic acids is 3. The molecule has 0 unspecified atom stereocenters. The van der Waals surface area contributed by atoms with E-state index in [9.17, 15) is 19.5 Å². The third kappa shape index (κ3) is 11.1. The SMILES string of the molecule is CCC[C@](NC(=O)CCCCCc1ccccc1)(C(=O)NC(=N)N)[C@H](CO)CNC(=O)OC(C)(C)C. The minimum Gasteiger partial charge on any atom is -0.444 e. The number of aryl methyl sites for hydroxylation is 1. The number of nitrogens with one attached hydrogen (secondary N) is 4. The first-order chi connectivity index (χ1) is 16.9. The maximum Gasteiger partial charge on any atom is 0.407 e. The molecule has 10 nitrogen and oxygen atoms in total. The van der Waals surface area contributed by atoms with Crippen molar-refractivity contribution in [3.63, 3.8) is 0 Å². The van der Waals surface area contributed by atoms with Crippen molar-refractivity contribution < 1.29 is 24.2 Å². The molecule has 0 fully saturated rings. The van der Waals surface area contributed by atoms with E-state index >= 15 is 0 Å². The molecule has 3 amide bonds. The maximum atomic E-state index is 13.2. The molecule has 0 aromatic heterocycles. The standard InChI is InChI=1S/C26H43N5O5/c1-5-16-26(22(34)30-23(27)28,20(18-32)17-29-24(35)36-25(2,3)4)31-21(33)15-11-7-10-14-19-12-8-6-9-13-19/h6,8-9,12-13,20,32H,5,7,10-11,14-18H2,1-4H3,(H,29,35)(H,31,33)(H4,27,28,30,34)/t20-,26+/m0/s1. The van der Waals surface area contributed by atoms with Crippen LogP contribution in [0.1, 0.15) is 71.8 Å². The van der Waals surface area contributed by atoms with Crippen molar-refractivity contribution >= 4 is 23.9 Å². The number of unbranched alkanes of at least 4 members (excludes halogenated alkanes) is 2. The first-order valence-electron chi connectivity index (χ1n) is 12.5. The predicted molar refractivity (Wildman–Crippen MR) is 139 cm³/mol. The van der Waals surface area contributed by atoms with Crippen molar-refractivity contribution in [2.24, 2.45) is 11.7 Å². The lowest BCUT2D eigenvalue weighted by atomic mass is 9.79. The van der Waals surface area contributed by atoms with Gasteiger partial charge in [-0.15, -0.1) is 0 Å². The lowest BCUT2D eigenvalue weighted by Crippen LogP contribution is -2.66. The number of aliphatic hydroxyl groups excluding tert-OH is 1. The van der Waals surface area contributed by atoms with Gasteiger partial charge in [0.15, 0.2) is 5.96 Å². The summed E-state index contributed by atoms with van der Waals surface area (Å²) >= 11 is 0. The van der Waals surface area contributed by atoms with Crippen LogP contribution in [-0.2, 0) is 20.7 Å². The number of benzene rings is 1. The second-order valence-corrected chi connectivity index (χ2v) is 9.95. The summed E-state index contributed by atoms with van der Waals surface area (Å²) < 4.78 is 5.25. The first-order valence-corrected chi connectivity index (χ1v) is 12.5. The quantitative estimate of drug-likeness (QED) is 0.129. The highest BCUT2D eigenvalue weighted by molar-refractivity contribution is 6.01. The predicted octanol–water partition coefficient (Wildman–Crippen LogP) is 2.59. The lowest BCUT2D eigenvalue weighted by molar-refractivity contribution is -0.136. The minimum absolute atomic E-state index is 0.131. The number of hydrogen-bond donors (Lipinski definition) is 6. The van der Waals surface area contributed by atoms with Gasteiger partial charge in [0.2, 0.25) is 5.91 Å². The number of aliphatic hydroxyl groups is 1. The van der Waals surface area contributed by atoms with E-state index in [1.807, 2.05) is 25.1 Å². The zero-order chi connectivity index (χ0) is 27.2. The normalized spacial score (nSPS) is 13.7. The fourth-order valence-electron chi connectivity index (χ4n) is 4.02. The van der Waals surface area contributed by atoms with E-state index in [0.717, 1.165) is 19.3 Å². The average molecular weight is 506 g/mol. The molecule has 0 aliphatic carbocycles. The summed E-state index contributed by atoms with van der Waals surface area (Å²) in [5.74, 6) is -2.52. The molecule has 0 aliphatic heterocycles. The van der Waals surface area contributed by atoms with Gasteiger partial charge < -0.3 is 26.2 Å². The topological polar surface area (TPSA) is 167 Å². The van der Waals surface area contributed by atoms with Crippen molar-refractivity contribution in [3.8, 4) is 0 Å². The van der Waals surface area contributed by atoms with Crippen molar-refractivity contribution in [1.82, 2.24) is 16.0 Å². The number of amides is 3. The number of alkyl carbamates (subject to hydrolysis) is 1. The Labute approximate surface area is 214 Å². The van der Waals surface area contributed by atoms with Crippen LogP contribution in [0.25, 0.3) is 0 Å². The molecule has 0 radical (unpaired) electrons. The van der Waals surface area contributed by atoms with Gasteiger partial charge in [-0.2, -0.15) is 0 Å². The Balaban J connectivity index is 2.90. The van der Waals surface area contributed by atoms with E-state index in [1.54, 1.807) is 20.8 Å². The van der Waals surface area contributed by atoms with Crippen LogP contribution in [0.2, 0.25) is 0 Å². The van der Waals surface area contributed by atoms with Crippen LogP contribution in [0, 0.1) is 11.3 Å². The largest absolute Gasteiger partial charge is 0.444 e. The molecule has 0 spiro atoms. The summed E-state index contributed by atoms with van der Waals surface area (Å²) in [7, 11) is 0. The molecule has 1 aromatic carbocycles. The van der Waals surface area contributed by atoms with Gasteiger partial charge in [0.25, 0.3) is 5.91 Å². The number of hydrogen-bond acceptors (Lipinski definition) is 6. The van der Waals surface area contributed by atoms with Gasteiger partial charge in [-0.25, -0.2) is 4.79 Å². The molecule has 0 aliphatic rings. The molecule has 10 heteroatoms. The van der Waals surface area contributed by atoms with Crippen molar-refractivity contribution in [3.05, 3.63) is 35.9 Å². The van der Waals surface area contributed by atoms with Crippen molar-refractivity contribution in [2.75, 3.05) is 13.2 Å². The van der Waals surface area contributed by atoms with Crippen LogP contribution in [0.5, 0.6) is 0 Å². The molecule has 1 aromatic rings. The van der Waals surface area contributed by atoms with Crippen molar-refractivity contribution in [2.45, 2.75) is 83.8 Å². The zero-order valence-corrected chi connectivity index (χ0v) is 22.0. The Bertz CT molecular complexity index is 856. The molecule has 36 heavy (non-hydrogen) atoms. The van der Waals surface area contributed by atoms with E-state index in [-0.39, 0.29) is 25.3 Å². The summed E-state index contributed by atoms with van der Waals surface area (Å²) in [6, 6.07) is 10.1. The number of rotatable bonds is 14. The summed E-state index contributed by atoms with van der Waals surface area (Å²) in [6.07, 6.45) is 3.49. The molecule has 1 rings (SSSR count). The highest BCUT2D eigenvalue weighted by Crippen LogP contribution is 2.25. The molecule has 7 N–H and O–H groups in total. The number of carbonyl (C=O) groups is 3. The van der Waals surface area contributed by atoms with Crippen LogP contribution < -0.4 is 21.7 Å². The molecule has 0 bridgehead atoms. The van der Waals surface area contributed by atoms with Gasteiger partial charge >= 0.3 is 6.09 Å². The third-order valence-electron chi connectivity index (χ3n) is 5.68. The summed E-state index contributed by atoms with van der Waals surface area (Å²) in [4.78, 5) is 38.3. The van der Waals surface area contributed by atoms with Crippen LogP contribution >= 0.6 is 0 Å². The Morgan fingerprint density at radius 2 is 1.78 bits per heavy atom. The maximum absolute atomic E-state index is 13.2. The second-order valence-electron chi connectivity index (χ2n) is 9.95. The average Bonchev–Trinajstić information content (AvgIpc) is 2.78. The Morgan fingerprint density at radius 3 is 2.33 bits per heavy atom. The lowest BCUT2D eigenvalue weighted by Gasteiger charge is -2.39.